The monoisotopic (exact) mass is 427 g/mol. The molecule has 2 aliphatic rings. The number of para-hydroxylation sites is 1. The van der Waals surface area contributed by atoms with Gasteiger partial charge in [-0.2, -0.15) is 0 Å². The van der Waals surface area contributed by atoms with Crippen molar-refractivity contribution in [3.8, 4) is 11.5 Å². The van der Waals surface area contributed by atoms with Crippen molar-refractivity contribution in [2.45, 2.75) is 44.1 Å². The third-order valence-corrected chi connectivity index (χ3v) is 7.32. The van der Waals surface area contributed by atoms with E-state index in [4.69, 9.17) is 4.74 Å². The molecule has 1 N–H and O–H groups in total. The van der Waals surface area contributed by atoms with Crippen LogP contribution >= 0.6 is 0 Å². The quantitative estimate of drug-likeness (QED) is 0.498. The normalized spacial score (nSPS) is 21.8. The fraction of sp³-hybridized carbons (Fsp3) is 0.379. The number of piperidine rings is 1. The molecule has 1 fully saturated rings. The van der Waals surface area contributed by atoms with Gasteiger partial charge in [0.05, 0.1) is 6.10 Å². The van der Waals surface area contributed by atoms with Crippen molar-refractivity contribution in [2.24, 2.45) is 5.92 Å². The summed E-state index contributed by atoms with van der Waals surface area (Å²) in [4.78, 5) is 2.60. The average molecular weight is 428 g/mol. The van der Waals surface area contributed by atoms with Gasteiger partial charge in [-0.25, -0.2) is 0 Å². The molecule has 1 aliphatic carbocycles. The van der Waals surface area contributed by atoms with Crippen LogP contribution in [0.25, 0.3) is 0 Å². The molecule has 1 heterocycles. The Bertz CT molecular complexity index is 996. The van der Waals surface area contributed by atoms with E-state index < -0.39 is 0 Å². The Morgan fingerprint density at radius 2 is 1.53 bits per heavy atom. The number of aliphatic hydroxyl groups is 1. The first kappa shape index (κ1) is 21.2. The van der Waals surface area contributed by atoms with Crippen LogP contribution in [0.1, 0.15) is 54.4 Å². The van der Waals surface area contributed by atoms with E-state index in [2.05, 4.69) is 47.4 Å². The lowest BCUT2D eigenvalue weighted by molar-refractivity contribution is 0.0771. The van der Waals surface area contributed by atoms with Crippen LogP contribution in [0.2, 0.25) is 0 Å². The predicted molar refractivity (Wildman–Crippen MR) is 129 cm³/mol. The van der Waals surface area contributed by atoms with E-state index >= 15 is 0 Å². The molecule has 0 saturated carbocycles. The summed E-state index contributed by atoms with van der Waals surface area (Å²) < 4.78 is 5.99. The molecule has 0 radical (unpaired) electrons. The van der Waals surface area contributed by atoms with Crippen LogP contribution in [0, 0.1) is 5.92 Å². The van der Waals surface area contributed by atoms with Crippen LogP contribution in [-0.4, -0.2) is 29.6 Å². The van der Waals surface area contributed by atoms with Crippen molar-refractivity contribution in [3.63, 3.8) is 0 Å². The number of hydrogen-bond acceptors (Lipinski definition) is 3. The van der Waals surface area contributed by atoms with Gasteiger partial charge in [0, 0.05) is 0 Å². The van der Waals surface area contributed by atoms with Crippen LogP contribution < -0.4 is 4.74 Å². The van der Waals surface area contributed by atoms with Crippen molar-refractivity contribution in [1.29, 1.82) is 0 Å². The first-order valence-corrected chi connectivity index (χ1v) is 12.1. The van der Waals surface area contributed by atoms with E-state index in [-0.39, 0.29) is 6.10 Å². The predicted octanol–water partition coefficient (Wildman–Crippen LogP) is 6.34. The molecule has 3 heteroatoms. The van der Waals surface area contributed by atoms with Crippen LogP contribution in [0.4, 0.5) is 0 Å². The topological polar surface area (TPSA) is 32.7 Å². The molecular weight excluding hydrogens is 394 g/mol. The fourth-order valence-electron chi connectivity index (χ4n) is 5.39. The molecule has 3 nitrogen and oxygen atoms in total. The molecule has 2 unspecified atom stereocenters. The Balaban J connectivity index is 1.14. The highest BCUT2D eigenvalue weighted by Gasteiger charge is 2.29. The number of likely N-dealkylation sites (tertiary alicyclic amines) is 1. The summed E-state index contributed by atoms with van der Waals surface area (Å²) in [5.41, 5.74) is 3.80. The van der Waals surface area contributed by atoms with Crippen molar-refractivity contribution in [3.05, 3.63) is 95.6 Å². The Morgan fingerprint density at radius 3 is 2.28 bits per heavy atom. The second kappa shape index (κ2) is 9.89. The molecule has 5 rings (SSSR count). The number of hydrogen-bond donors (Lipinski definition) is 1. The SMILES string of the molecule is OC1c2ccc(Oc3ccccc3)cc2CCC1CCN1CCC(c2ccccc2)CC1. The lowest BCUT2D eigenvalue weighted by Crippen LogP contribution is -2.35. The minimum atomic E-state index is -0.369. The van der Waals surface area contributed by atoms with E-state index in [1.54, 1.807) is 0 Å². The van der Waals surface area contributed by atoms with E-state index in [9.17, 15) is 5.11 Å². The molecule has 3 aromatic rings. The zero-order valence-electron chi connectivity index (χ0n) is 18.7. The molecule has 1 aliphatic heterocycles. The third kappa shape index (κ3) is 4.90. The second-order valence-electron chi connectivity index (χ2n) is 9.33. The Morgan fingerprint density at radius 1 is 0.812 bits per heavy atom. The first-order valence-electron chi connectivity index (χ1n) is 12.1. The molecule has 166 valence electrons. The van der Waals surface area contributed by atoms with Gasteiger partial charge >= 0.3 is 0 Å². The van der Waals surface area contributed by atoms with Crippen LogP contribution in [0.15, 0.2) is 78.9 Å². The molecule has 1 saturated heterocycles. The van der Waals surface area contributed by atoms with Crippen LogP contribution in [-0.2, 0) is 6.42 Å². The van der Waals surface area contributed by atoms with Crippen molar-refractivity contribution in [1.82, 2.24) is 4.90 Å². The summed E-state index contributed by atoms with van der Waals surface area (Å²) in [5, 5.41) is 11.1. The lowest BCUT2D eigenvalue weighted by atomic mass is 9.79. The highest BCUT2D eigenvalue weighted by Crippen LogP contribution is 2.39. The van der Waals surface area contributed by atoms with Gasteiger partial charge in [-0.05, 0) is 105 Å². The maximum absolute atomic E-state index is 11.1. The number of aryl methyl sites for hydroxylation is 1. The molecular formula is C29H33NO2. The summed E-state index contributed by atoms with van der Waals surface area (Å²) in [6.07, 6.45) is 5.24. The largest absolute Gasteiger partial charge is 0.457 e. The van der Waals surface area contributed by atoms with Gasteiger partial charge in [-0.15, -0.1) is 0 Å². The second-order valence-corrected chi connectivity index (χ2v) is 9.33. The van der Waals surface area contributed by atoms with Gasteiger partial charge in [0.25, 0.3) is 0 Å². The van der Waals surface area contributed by atoms with Gasteiger partial charge in [0.15, 0.2) is 0 Å². The maximum atomic E-state index is 11.1. The van der Waals surface area contributed by atoms with Crippen LogP contribution in [0.5, 0.6) is 11.5 Å². The number of nitrogens with zero attached hydrogens (tertiary/aromatic N) is 1. The van der Waals surface area contributed by atoms with E-state index in [1.165, 1.54) is 37.1 Å². The number of fused-ring (bicyclic) bond motifs is 1. The third-order valence-electron chi connectivity index (χ3n) is 7.32. The fourth-order valence-corrected chi connectivity index (χ4v) is 5.39. The standard InChI is InChI=1S/C29H33NO2/c31-29-24(17-20-30-18-15-23(16-19-30)22-7-3-1-4-8-22)11-12-25-21-27(13-14-28(25)29)32-26-9-5-2-6-10-26/h1-10,13-14,21,23-24,29,31H,11-12,15-20H2. The number of ether oxygens (including phenoxy) is 1. The summed E-state index contributed by atoms with van der Waals surface area (Å²) in [5.74, 6) is 2.74. The van der Waals surface area contributed by atoms with E-state index in [1.807, 2.05) is 36.4 Å². The van der Waals surface area contributed by atoms with Gasteiger partial charge in [-0.3, -0.25) is 0 Å². The molecule has 0 spiro atoms. The lowest BCUT2D eigenvalue weighted by Gasteiger charge is -2.35. The average Bonchev–Trinajstić information content (AvgIpc) is 2.85. The Hall–Kier alpha value is -2.62. The van der Waals surface area contributed by atoms with E-state index in [0.29, 0.717) is 11.8 Å². The van der Waals surface area contributed by atoms with Crippen molar-refractivity contribution in [2.75, 3.05) is 19.6 Å². The molecule has 2 atom stereocenters. The number of rotatable bonds is 6. The molecule has 0 amide bonds. The van der Waals surface area contributed by atoms with Crippen molar-refractivity contribution < 1.29 is 9.84 Å². The Kier molecular flexibility index (Phi) is 6.56. The van der Waals surface area contributed by atoms with Crippen molar-refractivity contribution >= 4 is 0 Å². The van der Waals surface area contributed by atoms with Gasteiger partial charge < -0.3 is 14.7 Å². The minimum Gasteiger partial charge on any atom is -0.457 e. The van der Waals surface area contributed by atoms with E-state index in [0.717, 1.165) is 42.9 Å². The van der Waals surface area contributed by atoms with Crippen LogP contribution in [0.3, 0.4) is 0 Å². The zero-order valence-corrected chi connectivity index (χ0v) is 18.7. The highest BCUT2D eigenvalue weighted by molar-refractivity contribution is 5.41. The number of aliphatic hydroxyl groups excluding tert-OH is 1. The first-order chi connectivity index (χ1) is 15.8. The van der Waals surface area contributed by atoms with Gasteiger partial charge in [0.2, 0.25) is 0 Å². The number of benzene rings is 3. The Labute approximate surface area is 191 Å². The molecule has 3 aromatic carbocycles. The molecule has 0 aromatic heterocycles. The summed E-state index contributed by atoms with van der Waals surface area (Å²) in [6, 6.07) is 27.0. The summed E-state index contributed by atoms with van der Waals surface area (Å²) in [6.45, 7) is 3.42. The smallest absolute Gasteiger partial charge is 0.127 e. The molecule has 32 heavy (non-hydrogen) atoms. The van der Waals surface area contributed by atoms with Gasteiger partial charge in [0.1, 0.15) is 11.5 Å². The van der Waals surface area contributed by atoms with Gasteiger partial charge in [-0.1, -0.05) is 54.6 Å². The maximum Gasteiger partial charge on any atom is 0.127 e. The zero-order chi connectivity index (χ0) is 21.8. The highest BCUT2D eigenvalue weighted by atomic mass is 16.5. The minimum absolute atomic E-state index is 0.343. The summed E-state index contributed by atoms with van der Waals surface area (Å²) in [7, 11) is 0. The summed E-state index contributed by atoms with van der Waals surface area (Å²) >= 11 is 0. The molecule has 0 bridgehead atoms.